The molecule has 1 unspecified atom stereocenters. The summed E-state index contributed by atoms with van der Waals surface area (Å²) in [6, 6.07) is 10.4. The van der Waals surface area contributed by atoms with Gasteiger partial charge in [0.25, 0.3) is 0 Å². The van der Waals surface area contributed by atoms with E-state index in [4.69, 9.17) is 5.73 Å². The lowest BCUT2D eigenvalue weighted by Crippen LogP contribution is -2.28. The molecule has 2 N–H and O–H groups in total. The standard InChI is InChI=1S/C14H15N3S/c15-12(7-11-5-6-18-9-11)8-17-10-16-13-3-1-2-4-14(13)17/h1-6,9-10,12H,7-8,15H2. The lowest BCUT2D eigenvalue weighted by atomic mass is 10.1. The summed E-state index contributed by atoms with van der Waals surface area (Å²) in [5.74, 6) is 0. The van der Waals surface area contributed by atoms with Crippen LogP contribution < -0.4 is 5.73 Å². The molecule has 2 heterocycles. The van der Waals surface area contributed by atoms with Gasteiger partial charge in [-0.15, -0.1) is 0 Å². The molecule has 0 aliphatic heterocycles. The topological polar surface area (TPSA) is 43.8 Å². The number of hydrogen-bond donors (Lipinski definition) is 1. The molecule has 1 aromatic carbocycles. The van der Waals surface area contributed by atoms with Crippen molar-refractivity contribution in [1.29, 1.82) is 0 Å². The summed E-state index contributed by atoms with van der Waals surface area (Å²) in [5, 5.41) is 4.25. The Labute approximate surface area is 110 Å². The van der Waals surface area contributed by atoms with Crippen molar-refractivity contribution in [3.05, 3.63) is 53.0 Å². The Morgan fingerprint density at radius 1 is 1.28 bits per heavy atom. The van der Waals surface area contributed by atoms with Crippen LogP contribution in [-0.4, -0.2) is 15.6 Å². The molecule has 0 fully saturated rings. The largest absolute Gasteiger partial charge is 0.329 e. The van der Waals surface area contributed by atoms with Crippen LogP contribution in [0.2, 0.25) is 0 Å². The number of thiophene rings is 1. The van der Waals surface area contributed by atoms with Crippen LogP contribution in [0.15, 0.2) is 47.4 Å². The molecular formula is C14H15N3S. The average molecular weight is 257 g/mol. The van der Waals surface area contributed by atoms with Crippen molar-refractivity contribution in [3.63, 3.8) is 0 Å². The molecule has 0 saturated carbocycles. The molecule has 3 aromatic rings. The molecule has 3 nitrogen and oxygen atoms in total. The number of hydrogen-bond acceptors (Lipinski definition) is 3. The Bertz CT molecular complexity index is 627. The van der Waals surface area contributed by atoms with Crippen molar-refractivity contribution in [3.8, 4) is 0 Å². The van der Waals surface area contributed by atoms with Gasteiger partial charge >= 0.3 is 0 Å². The molecule has 2 aromatic heterocycles. The van der Waals surface area contributed by atoms with Gasteiger partial charge in [-0.05, 0) is 40.9 Å². The third-order valence-corrected chi connectivity index (χ3v) is 3.77. The fraction of sp³-hybridized carbons (Fsp3) is 0.214. The minimum absolute atomic E-state index is 0.122. The van der Waals surface area contributed by atoms with Crippen molar-refractivity contribution in [2.45, 2.75) is 19.0 Å². The highest BCUT2D eigenvalue weighted by Crippen LogP contribution is 2.13. The van der Waals surface area contributed by atoms with E-state index in [0.717, 1.165) is 24.0 Å². The van der Waals surface area contributed by atoms with Gasteiger partial charge in [0.2, 0.25) is 0 Å². The summed E-state index contributed by atoms with van der Waals surface area (Å²) in [5.41, 5.74) is 9.70. The first kappa shape index (κ1) is 11.4. The number of rotatable bonds is 4. The highest BCUT2D eigenvalue weighted by atomic mass is 32.1. The number of para-hydroxylation sites is 2. The van der Waals surface area contributed by atoms with Crippen molar-refractivity contribution in [2.24, 2.45) is 5.73 Å². The minimum atomic E-state index is 0.122. The first-order valence-corrected chi connectivity index (χ1v) is 6.94. The van der Waals surface area contributed by atoms with E-state index in [1.807, 2.05) is 24.5 Å². The zero-order chi connectivity index (χ0) is 12.4. The molecule has 1 atom stereocenters. The molecule has 0 spiro atoms. The van der Waals surface area contributed by atoms with Gasteiger partial charge < -0.3 is 10.3 Å². The van der Waals surface area contributed by atoms with Crippen LogP contribution in [0.25, 0.3) is 11.0 Å². The zero-order valence-electron chi connectivity index (χ0n) is 9.99. The van der Waals surface area contributed by atoms with E-state index < -0.39 is 0 Å². The lowest BCUT2D eigenvalue weighted by molar-refractivity contribution is 0.560. The first-order valence-electron chi connectivity index (χ1n) is 5.99. The summed E-state index contributed by atoms with van der Waals surface area (Å²) in [4.78, 5) is 4.38. The van der Waals surface area contributed by atoms with E-state index in [2.05, 4.69) is 32.4 Å². The van der Waals surface area contributed by atoms with Crippen LogP contribution in [0, 0.1) is 0 Å². The number of fused-ring (bicyclic) bond motifs is 1. The highest BCUT2D eigenvalue weighted by molar-refractivity contribution is 7.07. The summed E-state index contributed by atoms with van der Waals surface area (Å²) < 4.78 is 2.13. The third-order valence-electron chi connectivity index (χ3n) is 3.04. The molecule has 92 valence electrons. The smallest absolute Gasteiger partial charge is 0.0958 e. The highest BCUT2D eigenvalue weighted by Gasteiger charge is 2.08. The number of nitrogens with two attached hydrogens (primary N) is 1. The van der Waals surface area contributed by atoms with Crippen LogP contribution in [0.4, 0.5) is 0 Å². The quantitative estimate of drug-likeness (QED) is 0.781. The fourth-order valence-electron chi connectivity index (χ4n) is 2.18. The van der Waals surface area contributed by atoms with E-state index in [1.165, 1.54) is 5.56 Å². The van der Waals surface area contributed by atoms with Gasteiger partial charge in [0.15, 0.2) is 0 Å². The monoisotopic (exact) mass is 257 g/mol. The third kappa shape index (κ3) is 2.30. The fourth-order valence-corrected chi connectivity index (χ4v) is 2.87. The van der Waals surface area contributed by atoms with Crippen molar-refractivity contribution in [2.75, 3.05) is 0 Å². The van der Waals surface area contributed by atoms with Crippen LogP contribution >= 0.6 is 11.3 Å². The molecule has 0 aliphatic carbocycles. The van der Waals surface area contributed by atoms with Crippen LogP contribution in [0.3, 0.4) is 0 Å². The summed E-state index contributed by atoms with van der Waals surface area (Å²) in [6.07, 6.45) is 2.79. The molecule has 0 aliphatic rings. The van der Waals surface area contributed by atoms with Crippen LogP contribution in [-0.2, 0) is 13.0 Å². The maximum absolute atomic E-state index is 6.20. The summed E-state index contributed by atoms with van der Waals surface area (Å²) in [7, 11) is 0. The maximum atomic E-state index is 6.20. The molecule has 18 heavy (non-hydrogen) atoms. The molecule has 4 heteroatoms. The summed E-state index contributed by atoms with van der Waals surface area (Å²) in [6.45, 7) is 0.802. The predicted octanol–water partition coefficient (Wildman–Crippen LogP) is 2.67. The average Bonchev–Trinajstić information content (AvgIpc) is 3.00. The van der Waals surface area contributed by atoms with Gasteiger partial charge in [-0.1, -0.05) is 12.1 Å². The van der Waals surface area contributed by atoms with E-state index in [-0.39, 0.29) is 6.04 Å². The Hall–Kier alpha value is -1.65. The van der Waals surface area contributed by atoms with E-state index in [1.54, 1.807) is 11.3 Å². The van der Waals surface area contributed by atoms with Crippen molar-refractivity contribution < 1.29 is 0 Å². The number of imidazole rings is 1. The van der Waals surface area contributed by atoms with Crippen molar-refractivity contribution in [1.82, 2.24) is 9.55 Å². The predicted molar refractivity (Wildman–Crippen MR) is 75.7 cm³/mol. The van der Waals surface area contributed by atoms with Gasteiger partial charge in [-0.2, -0.15) is 11.3 Å². The Kier molecular flexibility index (Phi) is 3.13. The summed E-state index contributed by atoms with van der Waals surface area (Å²) >= 11 is 1.72. The van der Waals surface area contributed by atoms with Gasteiger partial charge in [-0.25, -0.2) is 4.98 Å². The first-order chi connectivity index (χ1) is 8.83. The second-order valence-electron chi connectivity index (χ2n) is 4.48. The molecule has 0 saturated heterocycles. The van der Waals surface area contributed by atoms with Crippen LogP contribution in [0.5, 0.6) is 0 Å². The lowest BCUT2D eigenvalue weighted by Gasteiger charge is -2.12. The van der Waals surface area contributed by atoms with E-state index >= 15 is 0 Å². The number of aromatic nitrogens is 2. The minimum Gasteiger partial charge on any atom is -0.329 e. The second-order valence-corrected chi connectivity index (χ2v) is 5.26. The Balaban J connectivity index is 1.76. The molecule has 0 bridgehead atoms. The molecule has 0 radical (unpaired) electrons. The van der Waals surface area contributed by atoms with E-state index in [0.29, 0.717) is 0 Å². The Morgan fingerprint density at radius 3 is 3.00 bits per heavy atom. The molecular weight excluding hydrogens is 242 g/mol. The van der Waals surface area contributed by atoms with Gasteiger partial charge in [0.1, 0.15) is 0 Å². The van der Waals surface area contributed by atoms with E-state index in [9.17, 15) is 0 Å². The van der Waals surface area contributed by atoms with Crippen molar-refractivity contribution >= 4 is 22.4 Å². The number of nitrogens with zero attached hydrogens (tertiary/aromatic N) is 2. The number of benzene rings is 1. The maximum Gasteiger partial charge on any atom is 0.0958 e. The van der Waals surface area contributed by atoms with Crippen LogP contribution in [0.1, 0.15) is 5.56 Å². The van der Waals surface area contributed by atoms with Gasteiger partial charge in [-0.3, -0.25) is 0 Å². The molecule has 0 amide bonds. The second kappa shape index (κ2) is 4.92. The zero-order valence-corrected chi connectivity index (χ0v) is 10.8. The SMILES string of the molecule is NC(Cc1ccsc1)Cn1cnc2ccccc21. The van der Waals surface area contributed by atoms with Gasteiger partial charge in [0, 0.05) is 12.6 Å². The van der Waals surface area contributed by atoms with Gasteiger partial charge in [0.05, 0.1) is 17.4 Å². The molecule has 3 rings (SSSR count). The Morgan fingerprint density at radius 2 is 2.17 bits per heavy atom. The normalized spacial score (nSPS) is 12.9.